The molecule has 3 atom stereocenters. The second-order valence-corrected chi connectivity index (χ2v) is 11.8. The van der Waals surface area contributed by atoms with Crippen molar-refractivity contribution in [2.24, 2.45) is 23.2 Å². The largest absolute Gasteiger partial charge is 0.485 e. The van der Waals surface area contributed by atoms with Crippen molar-refractivity contribution in [1.82, 2.24) is 4.90 Å². The minimum Gasteiger partial charge on any atom is -0.485 e. The van der Waals surface area contributed by atoms with E-state index in [1.807, 2.05) is 12.1 Å². The summed E-state index contributed by atoms with van der Waals surface area (Å²) in [6.07, 6.45) is 12.0. The zero-order chi connectivity index (χ0) is 21.7. The van der Waals surface area contributed by atoms with Gasteiger partial charge in [-0.25, -0.2) is 0 Å². The van der Waals surface area contributed by atoms with Gasteiger partial charge in [-0.05, 0) is 87.9 Å². The Labute approximate surface area is 189 Å². The number of esters is 1. The summed E-state index contributed by atoms with van der Waals surface area (Å²) < 4.78 is 12.8. The lowest BCUT2D eigenvalue weighted by Gasteiger charge is -2.55. The predicted octanol–water partition coefficient (Wildman–Crippen LogP) is 3.96. The molecule has 5 aliphatic carbocycles. The molecule has 4 bridgehead atoms. The third-order valence-electron chi connectivity index (χ3n) is 9.60. The minimum absolute atomic E-state index is 0.0263. The highest BCUT2D eigenvalue weighted by atomic mass is 16.6. The van der Waals surface area contributed by atoms with E-state index in [2.05, 4.69) is 24.1 Å². The molecule has 0 unspecified atom stereocenters. The number of aliphatic hydroxyl groups excluding tert-OH is 1. The van der Waals surface area contributed by atoms with Crippen LogP contribution in [0.3, 0.4) is 0 Å². The van der Waals surface area contributed by atoms with E-state index in [1.165, 1.54) is 30.4 Å². The Morgan fingerprint density at radius 1 is 1.12 bits per heavy atom. The maximum Gasteiger partial charge on any atom is 0.317 e. The summed E-state index contributed by atoms with van der Waals surface area (Å²) in [7, 11) is 2.16. The standard InChI is InChI=1S/C27H33NO4/c1-28-7-6-27-5-4-20(29)11-22(27)32-24-21(3-2-19(15-28)23(24)27)31-25(30)26-12-16-8-17(13-26)10-18(9-16)14-26/h2-5,16-18,20,22,29H,6-15H2,1H3/t16?,17?,18?,20-,22-,26?,27-/m0/s1. The fourth-order valence-electron chi connectivity index (χ4n) is 8.57. The number of benzene rings is 1. The highest BCUT2D eigenvalue weighted by Gasteiger charge is 2.57. The second-order valence-electron chi connectivity index (χ2n) is 11.8. The Balaban J connectivity index is 1.27. The molecular formula is C27H33NO4. The molecule has 5 heteroatoms. The van der Waals surface area contributed by atoms with Crippen molar-refractivity contribution in [2.45, 2.75) is 75.5 Å². The van der Waals surface area contributed by atoms with Crippen molar-refractivity contribution in [3.8, 4) is 11.5 Å². The van der Waals surface area contributed by atoms with Gasteiger partial charge in [0.15, 0.2) is 11.5 Å². The van der Waals surface area contributed by atoms with Crippen LogP contribution in [0.5, 0.6) is 11.5 Å². The van der Waals surface area contributed by atoms with E-state index in [0.717, 1.165) is 44.5 Å². The van der Waals surface area contributed by atoms with Gasteiger partial charge in [-0.3, -0.25) is 4.79 Å². The Kier molecular flexibility index (Phi) is 4.04. The number of carbonyl (C=O) groups is 1. The molecule has 2 heterocycles. The fourth-order valence-corrected chi connectivity index (χ4v) is 8.57. The summed E-state index contributed by atoms with van der Waals surface area (Å²) in [5, 5.41) is 10.3. The molecule has 4 fully saturated rings. The molecule has 170 valence electrons. The van der Waals surface area contributed by atoms with Gasteiger partial charge in [0.05, 0.1) is 16.9 Å². The molecule has 1 aromatic rings. The Morgan fingerprint density at radius 2 is 1.84 bits per heavy atom. The summed E-state index contributed by atoms with van der Waals surface area (Å²) in [6, 6.07) is 4.09. The van der Waals surface area contributed by atoms with Crippen LogP contribution < -0.4 is 9.47 Å². The van der Waals surface area contributed by atoms with E-state index in [4.69, 9.17) is 9.47 Å². The van der Waals surface area contributed by atoms with Crippen LogP contribution in [-0.2, 0) is 16.8 Å². The van der Waals surface area contributed by atoms with Crippen LogP contribution >= 0.6 is 0 Å². The predicted molar refractivity (Wildman–Crippen MR) is 119 cm³/mol. The Morgan fingerprint density at radius 3 is 2.56 bits per heavy atom. The molecular weight excluding hydrogens is 402 g/mol. The van der Waals surface area contributed by atoms with Crippen LogP contribution in [0.15, 0.2) is 24.3 Å². The first-order valence-corrected chi connectivity index (χ1v) is 12.6. The molecule has 7 aliphatic rings. The molecule has 1 spiro atoms. The van der Waals surface area contributed by atoms with Gasteiger partial charge >= 0.3 is 5.97 Å². The lowest BCUT2D eigenvalue weighted by Crippen LogP contribution is -2.51. The summed E-state index contributed by atoms with van der Waals surface area (Å²) in [5.41, 5.74) is 1.91. The number of aliphatic hydroxyl groups is 1. The van der Waals surface area contributed by atoms with E-state index >= 15 is 0 Å². The first-order valence-electron chi connectivity index (χ1n) is 12.6. The molecule has 32 heavy (non-hydrogen) atoms. The average molecular weight is 436 g/mol. The number of hydrogen-bond donors (Lipinski definition) is 1. The number of hydrogen-bond acceptors (Lipinski definition) is 5. The van der Waals surface area contributed by atoms with Crippen LogP contribution in [-0.4, -0.2) is 41.8 Å². The summed E-state index contributed by atoms with van der Waals surface area (Å²) >= 11 is 0. The summed E-state index contributed by atoms with van der Waals surface area (Å²) in [4.78, 5) is 16.0. The van der Waals surface area contributed by atoms with Crippen LogP contribution in [0.4, 0.5) is 0 Å². The first-order chi connectivity index (χ1) is 15.4. The normalized spacial score (nSPS) is 43.4. The maximum absolute atomic E-state index is 13.7. The van der Waals surface area contributed by atoms with Gasteiger partial charge in [-0.2, -0.15) is 0 Å². The second kappa shape index (κ2) is 6.60. The van der Waals surface area contributed by atoms with Crippen LogP contribution in [0.2, 0.25) is 0 Å². The number of nitrogens with zero attached hydrogens (tertiary/aromatic N) is 1. The molecule has 2 aliphatic heterocycles. The molecule has 5 nitrogen and oxygen atoms in total. The number of ether oxygens (including phenoxy) is 2. The van der Waals surface area contributed by atoms with E-state index in [9.17, 15) is 9.90 Å². The van der Waals surface area contributed by atoms with E-state index in [1.54, 1.807) is 0 Å². The maximum atomic E-state index is 13.7. The van der Waals surface area contributed by atoms with Crippen molar-refractivity contribution in [2.75, 3.05) is 13.6 Å². The van der Waals surface area contributed by atoms with Crippen molar-refractivity contribution in [3.63, 3.8) is 0 Å². The van der Waals surface area contributed by atoms with Crippen molar-refractivity contribution < 1.29 is 19.4 Å². The van der Waals surface area contributed by atoms with Crippen molar-refractivity contribution in [3.05, 3.63) is 35.4 Å². The monoisotopic (exact) mass is 435 g/mol. The molecule has 1 N–H and O–H groups in total. The zero-order valence-corrected chi connectivity index (χ0v) is 18.9. The Bertz CT molecular complexity index is 980. The third-order valence-corrected chi connectivity index (χ3v) is 9.60. The van der Waals surface area contributed by atoms with Crippen LogP contribution in [0.25, 0.3) is 0 Å². The van der Waals surface area contributed by atoms with E-state index in [0.29, 0.717) is 29.9 Å². The molecule has 0 radical (unpaired) electrons. The molecule has 0 amide bonds. The smallest absolute Gasteiger partial charge is 0.317 e. The van der Waals surface area contributed by atoms with Crippen LogP contribution in [0.1, 0.15) is 62.5 Å². The SMILES string of the molecule is CN1CC[C@@]23C=C[C@H](O)C[C@@H]2Oc2c(OC(=O)C45CC6CC(CC(C6)C4)C5)ccc(c23)C1. The Hall–Kier alpha value is -1.85. The van der Waals surface area contributed by atoms with Crippen LogP contribution in [0, 0.1) is 23.2 Å². The topological polar surface area (TPSA) is 59.0 Å². The van der Waals surface area contributed by atoms with Gasteiger partial charge in [0.25, 0.3) is 0 Å². The highest BCUT2D eigenvalue weighted by Crippen LogP contribution is 2.61. The van der Waals surface area contributed by atoms with Gasteiger partial charge in [-0.15, -0.1) is 0 Å². The molecule has 8 rings (SSSR count). The minimum atomic E-state index is -0.484. The number of carbonyl (C=O) groups excluding carboxylic acids is 1. The molecule has 4 saturated carbocycles. The van der Waals surface area contributed by atoms with Gasteiger partial charge < -0.3 is 19.5 Å². The van der Waals surface area contributed by atoms with E-state index in [-0.39, 0.29) is 22.9 Å². The summed E-state index contributed by atoms with van der Waals surface area (Å²) in [5.74, 6) is 3.44. The lowest BCUT2D eigenvalue weighted by molar-refractivity contribution is -0.161. The third kappa shape index (κ3) is 2.67. The van der Waals surface area contributed by atoms with E-state index < -0.39 is 6.10 Å². The van der Waals surface area contributed by atoms with Gasteiger partial charge in [0, 0.05) is 18.5 Å². The molecule has 1 aromatic carbocycles. The quantitative estimate of drug-likeness (QED) is 0.433. The molecule has 0 saturated heterocycles. The lowest BCUT2D eigenvalue weighted by atomic mass is 9.49. The fraction of sp³-hybridized carbons (Fsp3) is 0.667. The average Bonchev–Trinajstić information content (AvgIpc) is 3.00. The van der Waals surface area contributed by atoms with Gasteiger partial charge in [0.2, 0.25) is 0 Å². The van der Waals surface area contributed by atoms with Crippen molar-refractivity contribution >= 4 is 5.97 Å². The zero-order valence-electron chi connectivity index (χ0n) is 18.9. The number of rotatable bonds is 2. The van der Waals surface area contributed by atoms with Crippen molar-refractivity contribution in [1.29, 1.82) is 0 Å². The highest BCUT2D eigenvalue weighted by molar-refractivity contribution is 5.81. The van der Waals surface area contributed by atoms with Gasteiger partial charge in [-0.1, -0.05) is 18.2 Å². The summed E-state index contributed by atoms with van der Waals surface area (Å²) in [6.45, 7) is 1.83. The van der Waals surface area contributed by atoms with Gasteiger partial charge in [0.1, 0.15) is 6.10 Å². The first kappa shape index (κ1) is 19.6. The molecule has 0 aromatic heterocycles.